The number of rotatable bonds is 3. The summed E-state index contributed by atoms with van der Waals surface area (Å²) in [6.45, 7) is 3.26. The van der Waals surface area contributed by atoms with E-state index >= 15 is 0 Å². The first-order valence-corrected chi connectivity index (χ1v) is 9.74. The monoisotopic (exact) mass is 386 g/mol. The van der Waals surface area contributed by atoms with Crippen LogP contribution >= 0.6 is 0 Å². The molecule has 5 rings (SSSR count). The molecule has 0 unspecified atom stereocenters. The number of aromatic nitrogens is 4. The average molecular weight is 386 g/mol. The Morgan fingerprint density at radius 1 is 0.931 bits per heavy atom. The summed E-state index contributed by atoms with van der Waals surface area (Å²) in [5.74, 6) is 0.863. The van der Waals surface area contributed by atoms with Crippen LogP contribution in [0.15, 0.2) is 67.3 Å². The van der Waals surface area contributed by atoms with Crippen molar-refractivity contribution in [2.75, 3.05) is 33.2 Å². The van der Waals surface area contributed by atoms with Crippen molar-refractivity contribution in [2.45, 2.75) is 0 Å². The van der Waals surface area contributed by atoms with Crippen molar-refractivity contribution in [1.82, 2.24) is 29.0 Å². The zero-order valence-electron chi connectivity index (χ0n) is 16.3. The van der Waals surface area contributed by atoms with Crippen molar-refractivity contribution in [1.29, 1.82) is 0 Å². The Morgan fingerprint density at radius 3 is 2.55 bits per heavy atom. The Kier molecular flexibility index (Phi) is 4.37. The fourth-order valence-electron chi connectivity index (χ4n) is 3.78. The van der Waals surface area contributed by atoms with E-state index in [1.165, 1.54) is 0 Å². The van der Waals surface area contributed by atoms with Crippen molar-refractivity contribution in [3.8, 4) is 16.9 Å². The third-order valence-corrected chi connectivity index (χ3v) is 5.49. The Hall–Kier alpha value is -3.45. The van der Waals surface area contributed by atoms with Crippen molar-refractivity contribution in [2.24, 2.45) is 0 Å². The number of carbonyl (C=O) groups is 1. The van der Waals surface area contributed by atoms with Gasteiger partial charge in [0.1, 0.15) is 11.5 Å². The third kappa shape index (κ3) is 3.19. The van der Waals surface area contributed by atoms with E-state index in [0.717, 1.165) is 48.6 Å². The molecule has 0 spiro atoms. The lowest BCUT2D eigenvalue weighted by atomic mass is 10.1. The van der Waals surface area contributed by atoms with Crippen molar-refractivity contribution in [3.05, 3.63) is 72.9 Å². The van der Waals surface area contributed by atoms with Gasteiger partial charge < -0.3 is 14.2 Å². The highest BCUT2D eigenvalue weighted by Crippen LogP contribution is 2.23. The largest absolute Gasteiger partial charge is 0.335 e. The predicted octanol–water partition coefficient (Wildman–Crippen LogP) is 2.57. The first kappa shape index (κ1) is 17.6. The lowest BCUT2D eigenvalue weighted by molar-refractivity contribution is 0.0655. The van der Waals surface area contributed by atoms with E-state index in [9.17, 15) is 4.79 Å². The molecule has 4 aromatic heterocycles. The number of fused-ring (bicyclic) bond motifs is 1. The van der Waals surface area contributed by atoms with Crippen molar-refractivity contribution >= 4 is 11.4 Å². The normalized spacial score (nSPS) is 15.1. The molecule has 0 N–H and O–H groups in total. The first-order valence-electron chi connectivity index (χ1n) is 9.74. The highest BCUT2D eigenvalue weighted by atomic mass is 16.2. The number of pyridine rings is 2. The van der Waals surface area contributed by atoms with E-state index in [1.807, 2.05) is 35.4 Å². The summed E-state index contributed by atoms with van der Waals surface area (Å²) in [6.07, 6.45) is 7.37. The topological polar surface area (TPSA) is 58.7 Å². The third-order valence-electron chi connectivity index (χ3n) is 5.49. The van der Waals surface area contributed by atoms with Crippen LogP contribution in [0.5, 0.6) is 0 Å². The van der Waals surface area contributed by atoms with Crippen LogP contribution in [0.25, 0.3) is 22.5 Å². The summed E-state index contributed by atoms with van der Waals surface area (Å²) < 4.78 is 3.80. The maximum absolute atomic E-state index is 13.1. The lowest BCUT2D eigenvalue weighted by Crippen LogP contribution is -2.47. The van der Waals surface area contributed by atoms with Crippen LogP contribution in [0, 0.1) is 0 Å². The highest BCUT2D eigenvalue weighted by Gasteiger charge is 2.24. The van der Waals surface area contributed by atoms with Gasteiger partial charge >= 0.3 is 0 Å². The molecular weight excluding hydrogens is 364 g/mol. The van der Waals surface area contributed by atoms with Crippen LogP contribution in [0.1, 0.15) is 10.5 Å². The Bertz CT molecular complexity index is 1150. The molecule has 0 aliphatic carbocycles. The van der Waals surface area contributed by atoms with E-state index in [1.54, 1.807) is 23.1 Å². The minimum atomic E-state index is 0.0222. The maximum atomic E-state index is 13.1. The first-order chi connectivity index (χ1) is 14.2. The van der Waals surface area contributed by atoms with Crippen LogP contribution in [-0.4, -0.2) is 68.1 Å². The van der Waals surface area contributed by atoms with E-state index in [4.69, 9.17) is 0 Å². The molecule has 1 aliphatic heterocycles. The molecule has 0 atom stereocenters. The molecule has 0 saturated carbocycles. The zero-order chi connectivity index (χ0) is 19.8. The average Bonchev–Trinajstić information content (AvgIpc) is 3.40. The van der Waals surface area contributed by atoms with E-state index < -0.39 is 0 Å². The van der Waals surface area contributed by atoms with Crippen molar-refractivity contribution in [3.63, 3.8) is 0 Å². The van der Waals surface area contributed by atoms with Crippen LogP contribution in [0.3, 0.4) is 0 Å². The molecule has 0 radical (unpaired) electrons. The van der Waals surface area contributed by atoms with Gasteiger partial charge in [-0.2, -0.15) is 5.10 Å². The molecule has 0 bridgehead atoms. The Labute approximate surface area is 168 Å². The minimum absolute atomic E-state index is 0.0222. The number of hydrogen-bond acceptors (Lipinski definition) is 4. The molecule has 1 amide bonds. The van der Waals surface area contributed by atoms with E-state index in [2.05, 4.69) is 44.8 Å². The maximum Gasteiger partial charge on any atom is 0.272 e. The van der Waals surface area contributed by atoms with E-state index in [0.29, 0.717) is 5.69 Å². The molecular formula is C22H22N6O. The van der Waals surface area contributed by atoms with Crippen LogP contribution < -0.4 is 0 Å². The smallest absolute Gasteiger partial charge is 0.272 e. The van der Waals surface area contributed by atoms with Gasteiger partial charge in [-0.05, 0) is 42.9 Å². The van der Waals surface area contributed by atoms with Gasteiger partial charge in [-0.15, -0.1) is 0 Å². The second-order valence-corrected chi connectivity index (χ2v) is 7.37. The number of piperazine rings is 1. The number of amides is 1. The number of hydrogen-bond donors (Lipinski definition) is 0. The fourth-order valence-corrected chi connectivity index (χ4v) is 3.78. The molecule has 1 aliphatic rings. The lowest BCUT2D eigenvalue weighted by Gasteiger charge is -2.32. The van der Waals surface area contributed by atoms with Gasteiger partial charge in [-0.25, -0.2) is 4.68 Å². The Balaban J connectivity index is 1.54. The van der Waals surface area contributed by atoms with Gasteiger partial charge in [0.25, 0.3) is 5.91 Å². The quantitative estimate of drug-likeness (QED) is 0.543. The van der Waals surface area contributed by atoms with Crippen LogP contribution in [0.4, 0.5) is 0 Å². The van der Waals surface area contributed by atoms with Gasteiger partial charge in [0.2, 0.25) is 0 Å². The highest BCUT2D eigenvalue weighted by molar-refractivity contribution is 5.93. The molecule has 1 fully saturated rings. The summed E-state index contributed by atoms with van der Waals surface area (Å²) in [7, 11) is 2.08. The predicted molar refractivity (Wildman–Crippen MR) is 111 cm³/mol. The summed E-state index contributed by atoms with van der Waals surface area (Å²) >= 11 is 0. The second-order valence-electron chi connectivity index (χ2n) is 7.37. The summed E-state index contributed by atoms with van der Waals surface area (Å²) in [5, 5.41) is 4.47. The molecule has 7 heteroatoms. The number of carbonyl (C=O) groups excluding carboxylic acids is 1. The van der Waals surface area contributed by atoms with Crippen LogP contribution in [-0.2, 0) is 0 Å². The second kappa shape index (κ2) is 7.18. The molecule has 0 aromatic carbocycles. The molecule has 29 heavy (non-hydrogen) atoms. The standard InChI is InChI=1S/C22H22N6O/c1-25-11-13-26(14-12-25)22(29)20-8-10-24-28(20)21-7-6-19-5-4-18(16-27(19)21)17-3-2-9-23-15-17/h2-10,15-16H,11-14H2,1H3. The van der Waals surface area contributed by atoms with Gasteiger partial charge in [-0.1, -0.05) is 12.1 Å². The van der Waals surface area contributed by atoms with Gasteiger partial charge in [0.05, 0.1) is 6.20 Å². The van der Waals surface area contributed by atoms with Crippen LogP contribution in [0.2, 0.25) is 0 Å². The van der Waals surface area contributed by atoms with Gasteiger partial charge in [-0.3, -0.25) is 9.78 Å². The molecule has 1 saturated heterocycles. The molecule has 146 valence electrons. The minimum Gasteiger partial charge on any atom is -0.335 e. The summed E-state index contributed by atoms with van der Waals surface area (Å²) in [5.41, 5.74) is 3.73. The Morgan fingerprint density at radius 2 is 1.76 bits per heavy atom. The molecule has 4 aromatic rings. The number of likely N-dealkylation sites (N-methyl/N-ethyl adjacent to an activating group) is 1. The summed E-state index contributed by atoms with van der Waals surface area (Å²) in [4.78, 5) is 21.5. The van der Waals surface area contributed by atoms with Gasteiger partial charge in [0, 0.05) is 55.8 Å². The molecule has 7 nitrogen and oxygen atoms in total. The van der Waals surface area contributed by atoms with E-state index in [-0.39, 0.29) is 5.91 Å². The van der Waals surface area contributed by atoms with Gasteiger partial charge in [0.15, 0.2) is 0 Å². The summed E-state index contributed by atoms with van der Waals surface area (Å²) in [6, 6.07) is 13.9. The molecule has 5 heterocycles. The number of nitrogens with zero attached hydrogens (tertiary/aromatic N) is 6. The fraction of sp³-hybridized carbons (Fsp3) is 0.227. The van der Waals surface area contributed by atoms with Crippen molar-refractivity contribution < 1.29 is 4.79 Å². The SMILES string of the molecule is CN1CCN(C(=O)c2ccnn2-c2ccc3ccc(-c4cccnc4)cn23)CC1. The zero-order valence-corrected chi connectivity index (χ0v) is 16.3.